The van der Waals surface area contributed by atoms with E-state index in [4.69, 9.17) is 15.2 Å². The molecule has 6 nitrogen and oxygen atoms in total. The highest BCUT2D eigenvalue weighted by Gasteiger charge is 2.13. The van der Waals surface area contributed by atoms with E-state index < -0.39 is 5.91 Å². The number of carbonyl (C=O) groups is 2. The Kier molecular flexibility index (Phi) is 6.17. The number of para-hydroxylation sites is 1. The Morgan fingerprint density at radius 2 is 1.96 bits per heavy atom. The highest BCUT2D eigenvalue weighted by atomic mass is 16.5. The number of amides is 2. The highest BCUT2D eigenvalue weighted by Crippen LogP contribution is 2.28. The van der Waals surface area contributed by atoms with Crippen molar-refractivity contribution in [1.29, 1.82) is 0 Å². The first kappa shape index (κ1) is 18.1. The Morgan fingerprint density at radius 3 is 2.64 bits per heavy atom. The molecule has 0 fully saturated rings. The molecule has 25 heavy (non-hydrogen) atoms. The zero-order chi connectivity index (χ0) is 18.2. The molecule has 0 saturated heterocycles. The van der Waals surface area contributed by atoms with Gasteiger partial charge in [0, 0.05) is 11.3 Å². The summed E-state index contributed by atoms with van der Waals surface area (Å²) >= 11 is 0. The SMILES string of the molecule is C=CCOc1ccc(C(=O)Nc2ccccc2CC(N)=O)cc1OC. The summed E-state index contributed by atoms with van der Waals surface area (Å²) in [6, 6.07) is 11.9. The number of ether oxygens (including phenoxy) is 2. The van der Waals surface area contributed by atoms with E-state index in [1.165, 1.54) is 7.11 Å². The fourth-order valence-electron chi connectivity index (χ4n) is 2.26. The van der Waals surface area contributed by atoms with E-state index in [0.29, 0.717) is 34.9 Å². The Labute approximate surface area is 146 Å². The number of nitrogens with two attached hydrogens (primary N) is 1. The standard InChI is InChI=1S/C19H20N2O4/c1-3-10-25-16-9-8-14(11-17(16)24-2)19(23)21-15-7-5-4-6-13(15)12-18(20)22/h3-9,11H,1,10,12H2,2H3,(H2,20,22)(H,21,23). The van der Waals surface area contributed by atoms with Crippen LogP contribution in [0, 0.1) is 0 Å². The van der Waals surface area contributed by atoms with E-state index in [-0.39, 0.29) is 12.3 Å². The fraction of sp³-hybridized carbons (Fsp3) is 0.158. The first-order valence-electron chi connectivity index (χ1n) is 7.64. The number of nitrogens with one attached hydrogen (secondary N) is 1. The fourth-order valence-corrected chi connectivity index (χ4v) is 2.26. The molecule has 2 aromatic rings. The van der Waals surface area contributed by atoms with Gasteiger partial charge in [0.05, 0.1) is 13.5 Å². The highest BCUT2D eigenvalue weighted by molar-refractivity contribution is 6.05. The van der Waals surface area contributed by atoms with Crippen molar-refractivity contribution in [2.45, 2.75) is 6.42 Å². The van der Waals surface area contributed by atoms with E-state index in [9.17, 15) is 9.59 Å². The first-order valence-corrected chi connectivity index (χ1v) is 7.64. The van der Waals surface area contributed by atoms with Crippen molar-refractivity contribution in [2.24, 2.45) is 5.73 Å². The van der Waals surface area contributed by atoms with Crippen LogP contribution in [0.4, 0.5) is 5.69 Å². The third-order valence-corrected chi connectivity index (χ3v) is 3.41. The average molecular weight is 340 g/mol. The van der Waals surface area contributed by atoms with Crippen LogP contribution < -0.4 is 20.5 Å². The van der Waals surface area contributed by atoms with Crippen LogP contribution in [-0.4, -0.2) is 25.5 Å². The summed E-state index contributed by atoms with van der Waals surface area (Å²) in [5.41, 5.74) is 6.83. The van der Waals surface area contributed by atoms with Crippen LogP contribution in [-0.2, 0) is 11.2 Å². The van der Waals surface area contributed by atoms with Crippen molar-refractivity contribution in [3.63, 3.8) is 0 Å². The van der Waals surface area contributed by atoms with Crippen molar-refractivity contribution in [3.05, 3.63) is 66.2 Å². The number of carbonyl (C=O) groups excluding carboxylic acids is 2. The second kappa shape index (κ2) is 8.54. The van der Waals surface area contributed by atoms with E-state index >= 15 is 0 Å². The molecule has 2 amide bonds. The molecule has 0 radical (unpaired) electrons. The lowest BCUT2D eigenvalue weighted by Gasteiger charge is -2.13. The molecule has 3 N–H and O–H groups in total. The molecule has 0 spiro atoms. The normalized spacial score (nSPS) is 9.96. The third kappa shape index (κ3) is 4.84. The molecule has 0 aliphatic rings. The second-order valence-electron chi connectivity index (χ2n) is 5.22. The molecule has 6 heteroatoms. The maximum Gasteiger partial charge on any atom is 0.255 e. The zero-order valence-corrected chi connectivity index (χ0v) is 14.0. The minimum atomic E-state index is -0.466. The average Bonchev–Trinajstić information content (AvgIpc) is 2.61. The summed E-state index contributed by atoms with van der Waals surface area (Å²) in [7, 11) is 1.50. The molecule has 0 aliphatic carbocycles. The number of anilines is 1. The van der Waals surface area contributed by atoms with Crippen LogP contribution in [0.15, 0.2) is 55.1 Å². The summed E-state index contributed by atoms with van der Waals surface area (Å²) in [4.78, 5) is 23.7. The van der Waals surface area contributed by atoms with Crippen molar-refractivity contribution in [1.82, 2.24) is 0 Å². The third-order valence-electron chi connectivity index (χ3n) is 3.41. The predicted octanol–water partition coefficient (Wildman–Crippen LogP) is 2.54. The topological polar surface area (TPSA) is 90.6 Å². The van der Waals surface area contributed by atoms with Gasteiger partial charge in [-0.3, -0.25) is 9.59 Å². The minimum Gasteiger partial charge on any atom is -0.493 e. The molecule has 0 unspecified atom stereocenters. The van der Waals surface area contributed by atoms with Crippen molar-refractivity contribution in [3.8, 4) is 11.5 Å². The molecule has 2 aromatic carbocycles. The van der Waals surface area contributed by atoms with Gasteiger partial charge in [0.2, 0.25) is 5.91 Å². The first-order chi connectivity index (χ1) is 12.0. The smallest absolute Gasteiger partial charge is 0.255 e. The van der Waals surface area contributed by atoms with Gasteiger partial charge in [0.15, 0.2) is 11.5 Å². The van der Waals surface area contributed by atoms with Gasteiger partial charge in [0.25, 0.3) is 5.91 Å². The van der Waals surface area contributed by atoms with E-state index in [1.807, 2.05) is 0 Å². The summed E-state index contributed by atoms with van der Waals surface area (Å²) in [6.07, 6.45) is 1.67. The van der Waals surface area contributed by atoms with Crippen LogP contribution in [0.25, 0.3) is 0 Å². The van der Waals surface area contributed by atoms with Gasteiger partial charge in [-0.05, 0) is 29.8 Å². The molecule has 0 heterocycles. The lowest BCUT2D eigenvalue weighted by atomic mass is 10.1. The second-order valence-corrected chi connectivity index (χ2v) is 5.22. The van der Waals surface area contributed by atoms with Crippen molar-refractivity contribution >= 4 is 17.5 Å². The number of benzene rings is 2. The minimum absolute atomic E-state index is 0.0497. The number of rotatable bonds is 8. The maximum atomic E-state index is 12.5. The van der Waals surface area contributed by atoms with Crippen LogP contribution in [0.5, 0.6) is 11.5 Å². The van der Waals surface area contributed by atoms with Gasteiger partial charge < -0.3 is 20.5 Å². The van der Waals surface area contributed by atoms with E-state index in [2.05, 4.69) is 11.9 Å². The Hall–Kier alpha value is -3.28. The number of hydrogen-bond donors (Lipinski definition) is 2. The van der Waals surface area contributed by atoms with Gasteiger partial charge in [-0.2, -0.15) is 0 Å². The monoisotopic (exact) mass is 340 g/mol. The summed E-state index contributed by atoms with van der Waals surface area (Å²) < 4.78 is 10.7. The summed E-state index contributed by atoms with van der Waals surface area (Å²) in [6.45, 7) is 3.93. The lowest BCUT2D eigenvalue weighted by molar-refractivity contribution is -0.117. The molecule has 0 bridgehead atoms. The molecular formula is C19H20N2O4. The van der Waals surface area contributed by atoms with Crippen molar-refractivity contribution < 1.29 is 19.1 Å². The summed E-state index contributed by atoms with van der Waals surface area (Å²) in [5.74, 6) is 0.172. The van der Waals surface area contributed by atoms with E-state index in [0.717, 1.165) is 0 Å². The zero-order valence-electron chi connectivity index (χ0n) is 14.0. The van der Waals surface area contributed by atoms with Gasteiger partial charge in [-0.1, -0.05) is 30.9 Å². The Balaban J connectivity index is 2.21. The molecule has 0 atom stereocenters. The quantitative estimate of drug-likeness (QED) is 0.723. The van der Waals surface area contributed by atoms with Crippen LogP contribution in [0.1, 0.15) is 15.9 Å². The van der Waals surface area contributed by atoms with Crippen LogP contribution >= 0.6 is 0 Å². The van der Waals surface area contributed by atoms with Gasteiger partial charge in [0.1, 0.15) is 6.61 Å². The van der Waals surface area contributed by atoms with Crippen molar-refractivity contribution in [2.75, 3.05) is 19.0 Å². The van der Waals surface area contributed by atoms with Crippen LogP contribution in [0.3, 0.4) is 0 Å². The molecule has 0 aromatic heterocycles. The Morgan fingerprint density at radius 1 is 1.20 bits per heavy atom. The lowest BCUT2D eigenvalue weighted by Crippen LogP contribution is -2.17. The Bertz CT molecular complexity index is 787. The number of methoxy groups -OCH3 is 1. The molecule has 2 rings (SSSR count). The van der Waals surface area contributed by atoms with Gasteiger partial charge >= 0.3 is 0 Å². The van der Waals surface area contributed by atoms with Crippen LogP contribution in [0.2, 0.25) is 0 Å². The van der Waals surface area contributed by atoms with Gasteiger partial charge in [-0.15, -0.1) is 0 Å². The molecule has 0 aliphatic heterocycles. The number of hydrogen-bond acceptors (Lipinski definition) is 4. The molecule has 130 valence electrons. The van der Waals surface area contributed by atoms with Gasteiger partial charge in [-0.25, -0.2) is 0 Å². The maximum absolute atomic E-state index is 12.5. The largest absolute Gasteiger partial charge is 0.493 e. The number of primary amides is 1. The predicted molar refractivity (Wildman–Crippen MR) is 96.0 cm³/mol. The molecule has 0 saturated carbocycles. The molecular weight excluding hydrogens is 320 g/mol. The van der Waals surface area contributed by atoms with E-state index in [1.54, 1.807) is 48.5 Å². The summed E-state index contributed by atoms with van der Waals surface area (Å²) in [5, 5.41) is 2.79.